The maximum Gasteiger partial charge on any atom is 0.229 e. The number of aromatic nitrogens is 1. The van der Waals surface area contributed by atoms with E-state index in [0.717, 1.165) is 17.7 Å². The summed E-state index contributed by atoms with van der Waals surface area (Å²) in [6.45, 7) is 2.77. The van der Waals surface area contributed by atoms with Gasteiger partial charge < -0.3 is 14.2 Å². The number of nitrogens with zero attached hydrogens (tertiary/aromatic N) is 2. The van der Waals surface area contributed by atoms with Crippen LogP contribution in [0.25, 0.3) is 11.3 Å². The molecule has 1 unspecified atom stereocenters. The van der Waals surface area contributed by atoms with Gasteiger partial charge in [0.25, 0.3) is 0 Å². The normalized spacial score (nSPS) is 16.1. The van der Waals surface area contributed by atoms with Crippen LogP contribution in [0.4, 0.5) is 0 Å². The van der Waals surface area contributed by atoms with E-state index in [2.05, 4.69) is 24.2 Å². The second kappa shape index (κ2) is 7.27. The van der Waals surface area contributed by atoms with Crippen LogP contribution in [0.15, 0.2) is 59.1 Å². The van der Waals surface area contributed by atoms with E-state index in [4.69, 9.17) is 9.26 Å². The average molecular weight is 362 g/mol. The first kappa shape index (κ1) is 17.3. The highest BCUT2D eigenvalue weighted by atomic mass is 16.5. The van der Waals surface area contributed by atoms with Gasteiger partial charge in [-0.15, -0.1) is 0 Å². The van der Waals surface area contributed by atoms with Crippen molar-refractivity contribution in [2.24, 2.45) is 0 Å². The van der Waals surface area contributed by atoms with E-state index in [1.807, 2.05) is 47.4 Å². The first-order chi connectivity index (χ1) is 13.2. The molecule has 1 amide bonds. The van der Waals surface area contributed by atoms with Crippen LogP contribution in [0.5, 0.6) is 5.75 Å². The second-order valence-electron chi connectivity index (χ2n) is 6.80. The van der Waals surface area contributed by atoms with Gasteiger partial charge in [0.05, 0.1) is 25.3 Å². The van der Waals surface area contributed by atoms with Gasteiger partial charge in [-0.05, 0) is 36.6 Å². The minimum absolute atomic E-state index is 0.0349. The molecule has 1 aliphatic heterocycles. The van der Waals surface area contributed by atoms with Gasteiger partial charge in [0.2, 0.25) is 5.91 Å². The molecular formula is C22H22N2O3. The number of hydrogen-bond acceptors (Lipinski definition) is 4. The molecule has 0 N–H and O–H groups in total. The van der Waals surface area contributed by atoms with Gasteiger partial charge in [-0.25, -0.2) is 0 Å². The lowest BCUT2D eigenvalue weighted by Gasteiger charge is -2.35. The Balaban J connectivity index is 1.48. The summed E-state index contributed by atoms with van der Waals surface area (Å²) in [6.07, 6.45) is 1.07. The van der Waals surface area contributed by atoms with Crippen LogP contribution in [0.2, 0.25) is 0 Å². The summed E-state index contributed by atoms with van der Waals surface area (Å²) in [5, 5.41) is 4.08. The molecule has 3 aromatic rings. The number of methoxy groups -OCH3 is 1. The SMILES string of the molecule is COc1ccc2c(c1)CCN(C(=O)Cc1cc(-c3ccccc3)on1)C2C. The lowest BCUT2D eigenvalue weighted by atomic mass is 9.93. The van der Waals surface area contributed by atoms with Crippen molar-refractivity contribution < 1.29 is 14.1 Å². The molecular weight excluding hydrogens is 340 g/mol. The van der Waals surface area contributed by atoms with Gasteiger partial charge >= 0.3 is 0 Å². The molecule has 27 heavy (non-hydrogen) atoms. The maximum atomic E-state index is 12.9. The molecule has 2 heterocycles. The fourth-order valence-electron chi connectivity index (χ4n) is 3.67. The van der Waals surface area contributed by atoms with Crippen LogP contribution >= 0.6 is 0 Å². The monoisotopic (exact) mass is 362 g/mol. The maximum absolute atomic E-state index is 12.9. The summed E-state index contributed by atoms with van der Waals surface area (Å²) in [6, 6.07) is 17.7. The van der Waals surface area contributed by atoms with Crippen LogP contribution in [0.1, 0.15) is 29.8 Å². The summed E-state index contributed by atoms with van der Waals surface area (Å²) < 4.78 is 10.7. The molecule has 0 bridgehead atoms. The Hall–Kier alpha value is -3.08. The topological polar surface area (TPSA) is 55.6 Å². The number of amides is 1. The highest BCUT2D eigenvalue weighted by Gasteiger charge is 2.28. The van der Waals surface area contributed by atoms with Gasteiger partial charge in [-0.2, -0.15) is 0 Å². The zero-order chi connectivity index (χ0) is 18.8. The van der Waals surface area contributed by atoms with Crippen LogP contribution in [-0.4, -0.2) is 29.6 Å². The van der Waals surface area contributed by atoms with Gasteiger partial charge in [-0.3, -0.25) is 4.79 Å². The number of rotatable bonds is 4. The number of benzene rings is 2. The van der Waals surface area contributed by atoms with Crippen molar-refractivity contribution in [1.82, 2.24) is 10.1 Å². The number of ether oxygens (including phenoxy) is 1. The minimum Gasteiger partial charge on any atom is -0.497 e. The lowest BCUT2D eigenvalue weighted by Crippen LogP contribution is -2.39. The highest BCUT2D eigenvalue weighted by molar-refractivity contribution is 5.79. The molecule has 1 atom stereocenters. The van der Waals surface area contributed by atoms with E-state index < -0.39 is 0 Å². The first-order valence-corrected chi connectivity index (χ1v) is 9.13. The Morgan fingerprint density at radius 1 is 1.22 bits per heavy atom. The summed E-state index contributed by atoms with van der Waals surface area (Å²) in [7, 11) is 1.67. The van der Waals surface area contributed by atoms with E-state index >= 15 is 0 Å². The van der Waals surface area contributed by atoms with Gasteiger partial charge in [0.1, 0.15) is 5.75 Å². The predicted octanol–water partition coefficient (Wildman–Crippen LogP) is 4.04. The number of fused-ring (bicyclic) bond motifs is 1. The third-order valence-electron chi connectivity index (χ3n) is 5.16. The van der Waals surface area contributed by atoms with E-state index in [9.17, 15) is 4.79 Å². The molecule has 0 saturated carbocycles. The van der Waals surface area contributed by atoms with Crippen LogP contribution in [-0.2, 0) is 17.6 Å². The van der Waals surface area contributed by atoms with Crippen LogP contribution < -0.4 is 4.74 Å². The van der Waals surface area contributed by atoms with Crippen molar-refractivity contribution >= 4 is 5.91 Å². The Labute approximate surface area is 158 Å². The number of hydrogen-bond donors (Lipinski definition) is 0. The highest BCUT2D eigenvalue weighted by Crippen LogP contribution is 2.32. The summed E-state index contributed by atoms with van der Waals surface area (Å²) >= 11 is 0. The fraction of sp³-hybridized carbons (Fsp3) is 0.273. The molecule has 5 nitrogen and oxygen atoms in total. The minimum atomic E-state index is 0.0349. The van der Waals surface area contributed by atoms with Gasteiger partial charge in [-0.1, -0.05) is 41.6 Å². The summed E-state index contributed by atoms with van der Waals surface area (Å²) in [5.41, 5.74) is 4.05. The van der Waals surface area contributed by atoms with Crippen molar-refractivity contribution in [3.63, 3.8) is 0 Å². The fourth-order valence-corrected chi connectivity index (χ4v) is 3.67. The first-order valence-electron chi connectivity index (χ1n) is 9.13. The molecule has 4 rings (SSSR count). The van der Waals surface area contributed by atoms with Crippen LogP contribution in [0, 0.1) is 0 Å². The summed E-state index contributed by atoms with van der Waals surface area (Å²) in [4.78, 5) is 14.8. The van der Waals surface area contributed by atoms with Crippen LogP contribution in [0.3, 0.4) is 0 Å². The Morgan fingerprint density at radius 2 is 2.04 bits per heavy atom. The van der Waals surface area contributed by atoms with Crippen molar-refractivity contribution in [3.05, 3.63) is 71.4 Å². The lowest BCUT2D eigenvalue weighted by molar-refractivity contribution is -0.133. The van der Waals surface area contributed by atoms with Gasteiger partial charge in [0, 0.05) is 18.2 Å². The molecule has 0 radical (unpaired) electrons. The van der Waals surface area contributed by atoms with Crippen molar-refractivity contribution in [3.8, 4) is 17.1 Å². The largest absolute Gasteiger partial charge is 0.497 e. The van der Waals surface area contributed by atoms with E-state index in [0.29, 0.717) is 18.0 Å². The third-order valence-corrected chi connectivity index (χ3v) is 5.16. The molecule has 0 saturated heterocycles. The number of carbonyl (C=O) groups is 1. The van der Waals surface area contributed by atoms with Crippen molar-refractivity contribution in [2.45, 2.75) is 25.8 Å². The predicted molar refractivity (Wildman–Crippen MR) is 102 cm³/mol. The third kappa shape index (κ3) is 3.45. The second-order valence-corrected chi connectivity index (χ2v) is 6.80. The molecule has 5 heteroatoms. The standard InChI is InChI=1S/C22H22N2O3/c1-15-20-9-8-19(26-2)12-17(20)10-11-24(15)22(25)14-18-13-21(27-23-18)16-6-4-3-5-7-16/h3-9,12-13,15H,10-11,14H2,1-2H3. The van der Waals surface area contributed by atoms with E-state index in [1.54, 1.807) is 7.11 Å². The quantitative estimate of drug-likeness (QED) is 0.703. The average Bonchev–Trinajstić information content (AvgIpc) is 3.17. The Kier molecular flexibility index (Phi) is 4.67. The zero-order valence-corrected chi connectivity index (χ0v) is 15.5. The molecule has 0 fully saturated rings. The van der Waals surface area contributed by atoms with Gasteiger partial charge in [0.15, 0.2) is 5.76 Å². The zero-order valence-electron chi connectivity index (χ0n) is 15.5. The smallest absolute Gasteiger partial charge is 0.229 e. The summed E-state index contributed by atoms with van der Waals surface area (Å²) in [5.74, 6) is 1.61. The molecule has 2 aromatic carbocycles. The van der Waals surface area contributed by atoms with Crippen molar-refractivity contribution in [1.29, 1.82) is 0 Å². The molecule has 138 valence electrons. The van der Waals surface area contributed by atoms with Crippen molar-refractivity contribution in [2.75, 3.05) is 13.7 Å². The van der Waals surface area contributed by atoms with E-state index in [-0.39, 0.29) is 18.4 Å². The molecule has 0 spiro atoms. The molecule has 1 aromatic heterocycles. The molecule has 1 aliphatic rings. The Morgan fingerprint density at radius 3 is 2.81 bits per heavy atom. The number of carbonyl (C=O) groups excluding carboxylic acids is 1. The van der Waals surface area contributed by atoms with E-state index in [1.165, 1.54) is 11.1 Å². The Bertz CT molecular complexity index is 949. The molecule has 0 aliphatic carbocycles.